The van der Waals surface area contributed by atoms with E-state index in [2.05, 4.69) is 9.97 Å². The molecule has 21 heavy (non-hydrogen) atoms. The molecule has 2 rings (SSSR count). The van der Waals surface area contributed by atoms with Crippen LogP contribution in [0.2, 0.25) is 0 Å². The number of carbonyl (C=O) groups excluding carboxylic acids is 1. The third kappa shape index (κ3) is 3.09. The Morgan fingerprint density at radius 3 is 2.71 bits per heavy atom. The van der Waals surface area contributed by atoms with E-state index in [1.165, 1.54) is 6.07 Å². The molecule has 0 aromatic carbocycles. The van der Waals surface area contributed by atoms with Gasteiger partial charge >= 0.3 is 0 Å². The summed E-state index contributed by atoms with van der Waals surface area (Å²) in [6.07, 6.45) is 4.43. The van der Waals surface area contributed by atoms with Gasteiger partial charge in [0.05, 0.1) is 18.1 Å². The first-order valence-corrected chi connectivity index (χ1v) is 6.92. The number of carbonyl (C=O) groups is 1. The van der Waals surface area contributed by atoms with Gasteiger partial charge in [-0.1, -0.05) is 13.8 Å². The molecule has 0 fully saturated rings. The predicted molar refractivity (Wildman–Crippen MR) is 78.8 cm³/mol. The lowest BCUT2D eigenvalue weighted by Crippen LogP contribution is -2.42. The van der Waals surface area contributed by atoms with Gasteiger partial charge in [0.25, 0.3) is 0 Å². The topological polar surface area (TPSA) is 51.0 Å². The van der Waals surface area contributed by atoms with Gasteiger partial charge in [0, 0.05) is 24.2 Å². The molecule has 0 aliphatic heterocycles. The van der Waals surface area contributed by atoms with Crippen molar-refractivity contribution in [3.8, 4) is 11.3 Å². The second-order valence-corrected chi connectivity index (χ2v) is 5.12. The predicted octanol–water partition coefficient (Wildman–Crippen LogP) is 2.53. The molecule has 0 atom stereocenters. The monoisotopic (exact) mass is 290 g/mol. The summed E-state index contributed by atoms with van der Waals surface area (Å²) >= 11 is 0. The molecule has 0 aliphatic carbocycles. The van der Waals surface area contributed by atoms with Crippen molar-refractivity contribution in [2.75, 3.05) is 11.6 Å². The Morgan fingerprint density at radius 1 is 1.43 bits per heavy atom. The molecule has 0 radical (unpaired) electrons. The van der Waals surface area contributed by atoms with Gasteiger partial charge in [0.2, 0.25) is 5.91 Å². The van der Waals surface area contributed by atoms with Crippen LogP contribution >= 0.6 is 0 Å². The lowest BCUT2D eigenvalue weighted by atomic mass is 10.2. The molecular weight excluding hydrogens is 271 g/mol. The lowest BCUT2D eigenvalue weighted by molar-refractivity contribution is -0.123. The van der Waals surface area contributed by atoms with Crippen LogP contribution in [-0.2, 0) is 4.79 Å². The zero-order valence-corrected chi connectivity index (χ0v) is 12.7. The molecular formula is C15H19FN4O. The summed E-state index contributed by atoms with van der Waals surface area (Å²) in [5, 5.41) is 1.63. The number of hydrogen-bond donors (Lipinski definition) is 0. The molecule has 5 nitrogen and oxygen atoms in total. The smallest absolute Gasteiger partial charge is 0.243 e. The SMILES string of the molecule is CCN(C(=O)C(C)C)n1cc(-c2cncc(F)c2)nc1C. The minimum Gasteiger partial charge on any atom is -0.273 e. The second kappa shape index (κ2) is 6.03. The second-order valence-electron chi connectivity index (χ2n) is 5.12. The lowest BCUT2D eigenvalue weighted by Gasteiger charge is -2.24. The van der Waals surface area contributed by atoms with Crippen LogP contribution in [0.15, 0.2) is 24.7 Å². The van der Waals surface area contributed by atoms with Crippen molar-refractivity contribution in [2.45, 2.75) is 27.7 Å². The van der Waals surface area contributed by atoms with Crippen molar-refractivity contribution in [3.63, 3.8) is 0 Å². The highest BCUT2D eigenvalue weighted by Crippen LogP contribution is 2.19. The minimum atomic E-state index is -0.412. The van der Waals surface area contributed by atoms with Crippen LogP contribution in [0.25, 0.3) is 11.3 Å². The molecule has 0 spiro atoms. The van der Waals surface area contributed by atoms with E-state index in [0.717, 1.165) is 6.20 Å². The van der Waals surface area contributed by atoms with Crippen LogP contribution < -0.4 is 5.01 Å². The van der Waals surface area contributed by atoms with E-state index in [9.17, 15) is 9.18 Å². The Kier molecular flexibility index (Phi) is 4.35. The molecule has 2 heterocycles. The van der Waals surface area contributed by atoms with Gasteiger partial charge in [-0.3, -0.25) is 9.78 Å². The van der Waals surface area contributed by atoms with Crippen molar-refractivity contribution in [3.05, 3.63) is 36.3 Å². The van der Waals surface area contributed by atoms with Crippen LogP contribution in [0.5, 0.6) is 0 Å². The standard InChI is InChI=1S/C15H19FN4O/c1-5-19(15(21)10(2)3)20-9-14(18-11(20)4)12-6-13(16)8-17-7-12/h6-10H,5H2,1-4H3. The fraction of sp³-hybridized carbons (Fsp3) is 0.400. The maximum atomic E-state index is 13.3. The van der Waals surface area contributed by atoms with Gasteiger partial charge in [-0.15, -0.1) is 0 Å². The fourth-order valence-electron chi connectivity index (χ4n) is 2.11. The molecule has 0 bridgehead atoms. The molecule has 0 N–H and O–H groups in total. The molecule has 1 amide bonds. The maximum Gasteiger partial charge on any atom is 0.243 e. The highest BCUT2D eigenvalue weighted by atomic mass is 19.1. The number of halogens is 1. The first-order valence-electron chi connectivity index (χ1n) is 6.92. The number of rotatable bonds is 4. The first-order chi connectivity index (χ1) is 9.93. The van der Waals surface area contributed by atoms with Gasteiger partial charge in [0.1, 0.15) is 11.6 Å². The first kappa shape index (κ1) is 15.2. The summed E-state index contributed by atoms with van der Waals surface area (Å²) < 4.78 is 15.0. The quantitative estimate of drug-likeness (QED) is 0.869. The zero-order valence-electron chi connectivity index (χ0n) is 12.7. The Hall–Kier alpha value is -2.24. The van der Waals surface area contributed by atoms with Crippen molar-refractivity contribution < 1.29 is 9.18 Å². The summed E-state index contributed by atoms with van der Waals surface area (Å²) in [6, 6.07) is 1.37. The molecule has 0 saturated heterocycles. The zero-order chi connectivity index (χ0) is 15.6. The summed E-state index contributed by atoms with van der Waals surface area (Å²) in [6.45, 7) is 7.97. The summed E-state index contributed by atoms with van der Waals surface area (Å²) in [5.41, 5.74) is 1.18. The average molecular weight is 290 g/mol. The van der Waals surface area contributed by atoms with E-state index in [1.807, 2.05) is 27.7 Å². The van der Waals surface area contributed by atoms with E-state index in [-0.39, 0.29) is 11.8 Å². The van der Waals surface area contributed by atoms with Gasteiger partial charge in [-0.2, -0.15) is 0 Å². The Bertz CT molecular complexity index is 651. The molecule has 2 aromatic heterocycles. The number of nitrogens with zero attached hydrogens (tertiary/aromatic N) is 4. The van der Waals surface area contributed by atoms with Crippen molar-refractivity contribution >= 4 is 5.91 Å². The highest BCUT2D eigenvalue weighted by Gasteiger charge is 2.20. The van der Waals surface area contributed by atoms with Crippen molar-refractivity contribution in [1.29, 1.82) is 0 Å². The number of imidazole rings is 1. The number of hydrogen-bond acceptors (Lipinski definition) is 3. The summed E-state index contributed by atoms with van der Waals surface area (Å²) in [5.74, 6) is 0.170. The molecule has 112 valence electrons. The summed E-state index contributed by atoms with van der Waals surface area (Å²) in [4.78, 5) is 20.4. The van der Waals surface area contributed by atoms with Crippen LogP contribution in [0.3, 0.4) is 0 Å². The molecule has 6 heteroatoms. The van der Waals surface area contributed by atoms with Crippen molar-refractivity contribution in [2.24, 2.45) is 5.92 Å². The highest BCUT2D eigenvalue weighted by molar-refractivity contribution is 5.87. The van der Waals surface area contributed by atoms with Crippen molar-refractivity contribution in [1.82, 2.24) is 14.6 Å². The number of amides is 1. The van der Waals surface area contributed by atoms with Gasteiger partial charge in [-0.25, -0.2) is 19.1 Å². The van der Waals surface area contributed by atoms with Crippen LogP contribution in [0, 0.1) is 18.7 Å². The molecule has 0 aliphatic rings. The fourth-order valence-corrected chi connectivity index (χ4v) is 2.11. The summed E-state index contributed by atoms with van der Waals surface area (Å²) in [7, 11) is 0. The third-order valence-electron chi connectivity index (χ3n) is 3.17. The van der Waals surface area contributed by atoms with E-state index >= 15 is 0 Å². The van der Waals surface area contributed by atoms with Crippen LogP contribution in [0.1, 0.15) is 26.6 Å². The largest absolute Gasteiger partial charge is 0.273 e. The van der Waals surface area contributed by atoms with E-state index < -0.39 is 5.82 Å². The Balaban J connectivity index is 2.41. The van der Waals surface area contributed by atoms with Gasteiger partial charge in [-0.05, 0) is 19.9 Å². The normalized spacial score (nSPS) is 11.0. The maximum absolute atomic E-state index is 13.3. The third-order valence-corrected chi connectivity index (χ3v) is 3.17. The van der Waals surface area contributed by atoms with Gasteiger partial charge < -0.3 is 0 Å². The van der Waals surface area contributed by atoms with Crippen LogP contribution in [0.4, 0.5) is 4.39 Å². The van der Waals surface area contributed by atoms with E-state index in [4.69, 9.17) is 0 Å². The van der Waals surface area contributed by atoms with Crippen LogP contribution in [-0.4, -0.2) is 27.1 Å². The molecule has 2 aromatic rings. The molecule has 0 saturated carbocycles. The average Bonchev–Trinajstić information content (AvgIpc) is 2.82. The molecule has 0 unspecified atom stereocenters. The Morgan fingerprint density at radius 2 is 2.14 bits per heavy atom. The van der Waals surface area contributed by atoms with E-state index in [1.54, 1.807) is 22.1 Å². The number of aryl methyl sites for hydroxylation is 1. The minimum absolute atomic E-state index is 0.0157. The Labute approximate surface area is 123 Å². The number of aromatic nitrogens is 3. The van der Waals surface area contributed by atoms with Gasteiger partial charge in [0.15, 0.2) is 0 Å². The van der Waals surface area contributed by atoms with E-state index in [0.29, 0.717) is 23.6 Å². The number of pyridine rings is 1.